The fraction of sp³-hybridized carbons (Fsp3) is 0.184. The van der Waals surface area contributed by atoms with Gasteiger partial charge < -0.3 is 69.3 Å². The molecule has 8 heterocycles. The van der Waals surface area contributed by atoms with Crippen molar-refractivity contribution in [1.29, 1.82) is 5.26 Å². The summed E-state index contributed by atoms with van der Waals surface area (Å²) in [5, 5.41) is 18.5. The van der Waals surface area contributed by atoms with Crippen LogP contribution in [0.1, 0.15) is 18.8 Å². The fourth-order valence-electron chi connectivity index (χ4n) is 9.73. The summed E-state index contributed by atoms with van der Waals surface area (Å²) in [4.78, 5) is 46.4. The van der Waals surface area contributed by atoms with Crippen molar-refractivity contribution in [2.24, 2.45) is 0 Å². The van der Waals surface area contributed by atoms with Crippen molar-refractivity contribution in [3.8, 4) is 144 Å². The van der Waals surface area contributed by atoms with Crippen LogP contribution < -0.4 is 80.5 Å². The summed E-state index contributed by atoms with van der Waals surface area (Å²) in [6, 6.07) is 42.3. The Bertz CT molecular complexity index is 6030. The monoisotopic (exact) mass is 2040 g/mol. The first-order chi connectivity index (χ1) is 56.4. The number of hydrogen-bond donors (Lipinski definition) is 5. The number of hydrogen-bond acceptors (Lipinski definition) is 33. The molecule has 0 aliphatic carbocycles. The topological polar surface area (TPSA) is 485 Å². The van der Waals surface area contributed by atoms with Gasteiger partial charge in [-0.3, -0.25) is 29.1 Å². The molecule has 0 saturated carbocycles. The molecule has 0 fully saturated rings. The summed E-state index contributed by atoms with van der Waals surface area (Å²) in [6.07, 6.45) is 14.0. The number of nitrogens with zero attached hydrogens (tertiary/aromatic N) is 13. The van der Waals surface area contributed by atoms with Gasteiger partial charge in [0.15, 0.2) is 86.7 Å². The van der Waals surface area contributed by atoms with Gasteiger partial charge in [0, 0.05) is 122 Å². The van der Waals surface area contributed by atoms with Crippen molar-refractivity contribution in [3.05, 3.63) is 202 Å². The quantitative estimate of drug-likeness (QED) is 0.0132. The summed E-state index contributed by atoms with van der Waals surface area (Å²) in [7, 11) is -3.24. The van der Waals surface area contributed by atoms with Gasteiger partial charge in [-0.2, -0.15) is 20.2 Å². The summed E-state index contributed by atoms with van der Waals surface area (Å²) >= 11 is 4.24. The van der Waals surface area contributed by atoms with E-state index >= 15 is 0 Å². The Morgan fingerprint density at radius 2 is 0.678 bits per heavy atom. The summed E-state index contributed by atoms with van der Waals surface area (Å²) in [5.74, 6) is 3.45. The number of rotatable bonds is 28. The van der Waals surface area contributed by atoms with E-state index in [4.69, 9.17) is 62.1 Å². The molecular formula is C76H80I2N17O21S4Y-. The Kier molecular flexibility index (Phi) is 38.5. The zero-order valence-electron chi connectivity index (χ0n) is 66.1. The average Bonchev–Trinajstić information content (AvgIpc) is 0.770. The third kappa shape index (κ3) is 29.3. The number of methoxy groups -OCH3 is 8. The Balaban J connectivity index is 0.000000283. The van der Waals surface area contributed by atoms with Gasteiger partial charge in [0.25, 0.3) is 23.5 Å². The van der Waals surface area contributed by atoms with Crippen LogP contribution in [0.4, 0.5) is 23.3 Å². The van der Waals surface area contributed by atoms with Crippen LogP contribution in [0.3, 0.4) is 0 Å². The second-order valence-corrected chi connectivity index (χ2v) is 30.3. The van der Waals surface area contributed by atoms with E-state index in [9.17, 15) is 38.9 Å². The van der Waals surface area contributed by atoms with E-state index in [1.165, 1.54) is 87.7 Å². The standard InChI is InChI=1S/C19H17N5O5S.C19H20N4O5S.C18H19N4O6S.C18H17N4O5S.CH4.CH3.I2.Y/c1-27-14-6-4-5-7-15(14)29-16-18(24-30(3,25)26)22-17(23-19(16)28-2)12-8-9-21-13(10-12)11-20;1-12-11-13(9-10-20-12)17-21-18(23-29(4,24)25)16(19(22-17)27-3)28-15-8-6-5-7-14(15)26-2;1-26-13-6-4-5-7-14(13)28-15-17(21-29(3,24)25)19-16(20-18(15)27-2)12-8-10-22(23)11-9-12;1-25-13-6-4-5-7-14(13)27-15-17(22-28(3,23)24)20-16(21-18(15)26-2)12-8-10-19-11-9-12;;;1-2;/h4-10H,1-3H3,(H,22,23,24);5-11H,1-4H3,(H,21,22,23);4-11,23H,1-3H3,(H,19,20,21);4-10H,1-3H3,(H,20,21,22);1H4;1H3;;/q;;+1;-1;;-1;;. The Morgan fingerprint density at radius 3 is 0.950 bits per heavy atom. The minimum Gasteiger partial charge on any atom is -0.493 e. The molecule has 38 nitrogen and oxygen atoms in total. The van der Waals surface area contributed by atoms with Crippen LogP contribution in [0.2, 0.25) is 0 Å². The first kappa shape index (κ1) is 99.8. The predicted octanol–water partition coefficient (Wildman–Crippen LogP) is 12.8. The van der Waals surface area contributed by atoms with Gasteiger partial charge in [-0.05, 0) is 79.7 Å². The molecule has 0 atom stereocenters. The fourth-order valence-corrected chi connectivity index (χ4v) is 11.7. The maximum absolute atomic E-state index is 11.9. The number of anilines is 4. The van der Waals surface area contributed by atoms with Gasteiger partial charge in [0.1, 0.15) is 17.6 Å². The van der Waals surface area contributed by atoms with Crippen LogP contribution in [0.5, 0.6) is 92.5 Å². The van der Waals surface area contributed by atoms with Gasteiger partial charge in [0.2, 0.25) is 75.5 Å². The normalized spacial score (nSPS) is 10.5. The van der Waals surface area contributed by atoms with Crippen molar-refractivity contribution in [1.82, 2.24) is 54.8 Å². The molecule has 0 saturated heterocycles. The van der Waals surface area contributed by atoms with Gasteiger partial charge in [-0.1, -0.05) is 73.9 Å². The second-order valence-electron chi connectivity index (χ2n) is 23.3. The van der Waals surface area contributed by atoms with Gasteiger partial charge in [0.05, 0.1) is 81.9 Å². The number of halogens is 2. The Labute approximate surface area is 747 Å². The number of ether oxygens (including phenoxy) is 12. The van der Waals surface area contributed by atoms with E-state index in [2.05, 4.69) is 117 Å². The number of nitrogens with one attached hydrogen (secondary N) is 4. The molecular weight excluding hydrogens is 1960 g/mol. The number of aromatic nitrogens is 12. The molecule has 12 rings (SSSR count). The number of aryl methyl sites for hydroxylation is 1. The van der Waals surface area contributed by atoms with Gasteiger partial charge >= 0.3 is 0 Å². The minimum atomic E-state index is -3.72. The van der Waals surface area contributed by atoms with Crippen LogP contribution in [-0.4, -0.2) is 176 Å². The molecule has 121 heavy (non-hydrogen) atoms. The van der Waals surface area contributed by atoms with E-state index in [0.717, 1.165) is 35.4 Å². The van der Waals surface area contributed by atoms with Crippen molar-refractivity contribution >= 4 is 101 Å². The van der Waals surface area contributed by atoms with Crippen LogP contribution in [0, 0.1) is 31.9 Å². The smallest absolute Gasteiger partial charge is 0.263 e. The molecule has 0 amide bonds. The molecule has 0 aliphatic rings. The van der Waals surface area contributed by atoms with E-state index in [-0.39, 0.29) is 146 Å². The predicted molar refractivity (Wildman–Crippen MR) is 462 cm³/mol. The number of benzene rings is 4. The number of sulfonamides is 4. The third-order valence-electron chi connectivity index (χ3n) is 14.6. The number of para-hydroxylation sites is 8. The zero-order chi connectivity index (χ0) is 85.9. The van der Waals surface area contributed by atoms with Crippen molar-refractivity contribution in [3.63, 3.8) is 0 Å². The van der Waals surface area contributed by atoms with Crippen molar-refractivity contribution < 1.29 is 133 Å². The molecule has 637 valence electrons. The third-order valence-corrected chi connectivity index (χ3v) is 16.9. The summed E-state index contributed by atoms with van der Waals surface area (Å²) in [5.41, 5.74) is 3.11. The van der Waals surface area contributed by atoms with E-state index < -0.39 is 40.1 Å². The minimum absolute atomic E-state index is 0. The maximum atomic E-state index is 11.9. The molecule has 5 N–H and O–H groups in total. The second kappa shape index (κ2) is 46.7. The molecule has 45 heteroatoms. The molecule has 1 radical (unpaired) electrons. The molecule has 4 aromatic carbocycles. The largest absolute Gasteiger partial charge is 0.493 e. The molecule has 0 unspecified atom stereocenters. The van der Waals surface area contributed by atoms with Gasteiger partial charge in [-0.25, -0.2) is 63.6 Å². The first-order valence-corrected chi connectivity index (χ1v) is 47.2. The van der Waals surface area contributed by atoms with Gasteiger partial charge in [-0.15, -0.1) is 12.1 Å². The average molecular weight is 2040 g/mol. The van der Waals surface area contributed by atoms with Crippen LogP contribution in [0.15, 0.2) is 177 Å². The zero-order valence-corrected chi connectivity index (χ0v) is 76.6. The van der Waals surface area contributed by atoms with Crippen LogP contribution >= 0.6 is 37.2 Å². The van der Waals surface area contributed by atoms with E-state index in [1.807, 2.05) is 13.0 Å². The number of nitriles is 1. The Morgan fingerprint density at radius 1 is 0.397 bits per heavy atom. The first-order valence-electron chi connectivity index (χ1n) is 33.3. The summed E-state index contributed by atoms with van der Waals surface area (Å²) in [6.45, 7) is 1.83. The Hall–Kier alpha value is -11.7. The number of pyridine rings is 4. The van der Waals surface area contributed by atoms with Crippen molar-refractivity contribution in [2.45, 2.75) is 14.4 Å². The summed E-state index contributed by atoms with van der Waals surface area (Å²) < 4.78 is 171. The molecule has 0 bridgehead atoms. The molecule has 0 aliphatic heterocycles. The SMILES string of the molecule is C.COc1ccccc1Oc1c(NS(C)(=O)=O)nc(-c2c[c-]ncc2)nc1OC.COc1ccccc1Oc1c(NS(C)(=O)=O)nc(-c2cc[n+](O)cc2)nc1OC.COc1ccccc1Oc1c(NS(C)(=O)=O)nc(-c2ccnc(C#N)c2)nc1OC.COc1ccccc1Oc1c(NS(C)(=O)=O)nc(-c2ccnc(C)c2)nc1OC.II.[CH3-].[Y]. The molecule has 12 aromatic rings. The van der Waals surface area contributed by atoms with Crippen LogP contribution in [-0.2, 0) is 72.8 Å². The molecule has 0 spiro atoms. The van der Waals surface area contributed by atoms with E-state index in [1.54, 1.807) is 146 Å². The van der Waals surface area contributed by atoms with Crippen LogP contribution in [0.25, 0.3) is 45.6 Å². The van der Waals surface area contributed by atoms with E-state index in [0.29, 0.717) is 68.2 Å². The maximum Gasteiger partial charge on any atom is 0.263 e. The van der Waals surface area contributed by atoms with Crippen molar-refractivity contribution in [2.75, 3.05) is 101 Å². The molecule has 8 aromatic heterocycles.